The Morgan fingerprint density at radius 1 is 0.944 bits per heavy atom. The molecule has 0 saturated heterocycles. The Hall–Kier alpha value is -2.09. The molecule has 2 aromatic carbocycles. The summed E-state index contributed by atoms with van der Waals surface area (Å²) in [5.74, 6) is 0.265. The molecule has 2 rings (SSSR count). The average molecular weight is 239 g/mol. The van der Waals surface area contributed by atoms with Crippen molar-refractivity contribution in [3.05, 3.63) is 65.7 Å². The molecule has 92 valence electrons. The van der Waals surface area contributed by atoms with Crippen molar-refractivity contribution in [2.24, 2.45) is 4.99 Å². The summed E-state index contributed by atoms with van der Waals surface area (Å²) in [6.07, 6.45) is 0. The van der Waals surface area contributed by atoms with Gasteiger partial charge < -0.3 is 5.11 Å². The molecule has 0 amide bonds. The van der Waals surface area contributed by atoms with Crippen LogP contribution in [0.4, 0.5) is 0 Å². The average Bonchev–Trinajstić information content (AvgIpc) is 2.38. The fraction of sp³-hybridized carbons (Fsp3) is 0.188. The fourth-order valence-corrected chi connectivity index (χ4v) is 1.83. The summed E-state index contributed by atoms with van der Waals surface area (Å²) in [5, 5.41) is 9.97. The van der Waals surface area contributed by atoms with E-state index in [-0.39, 0.29) is 11.8 Å². The van der Waals surface area contributed by atoms with E-state index in [0.29, 0.717) is 0 Å². The smallest absolute Gasteiger partial charge is 0.124 e. The Kier molecular flexibility index (Phi) is 3.78. The molecule has 0 spiro atoms. The van der Waals surface area contributed by atoms with Crippen LogP contribution in [0.3, 0.4) is 0 Å². The van der Waals surface area contributed by atoms with Crippen LogP contribution < -0.4 is 0 Å². The van der Waals surface area contributed by atoms with Crippen LogP contribution in [0.1, 0.15) is 25.0 Å². The molecule has 0 heterocycles. The Balaban J connectivity index is 2.55. The highest BCUT2D eigenvalue weighted by Gasteiger charge is 2.11. The largest absolute Gasteiger partial charge is 0.507 e. The number of hydrogen-bond acceptors (Lipinski definition) is 2. The summed E-state index contributed by atoms with van der Waals surface area (Å²) in [6, 6.07) is 17.4. The lowest BCUT2D eigenvalue weighted by molar-refractivity contribution is 0.474. The van der Waals surface area contributed by atoms with Crippen LogP contribution in [0.5, 0.6) is 5.75 Å². The zero-order valence-corrected chi connectivity index (χ0v) is 10.7. The predicted molar refractivity (Wildman–Crippen MR) is 75.3 cm³/mol. The summed E-state index contributed by atoms with van der Waals surface area (Å²) < 4.78 is 0. The van der Waals surface area contributed by atoms with E-state index in [4.69, 9.17) is 0 Å². The molecule has 0 radical (unpaired) electrons. The number of benzene rings is 2. The van der Waals surface area contributed by atoms with Crippen LogP contribution in [0.25, 0.3) is 0 Å². The Morgan fingerprint density at radius 2 is 1.56 bits per heavy atom. The molecule has 0 aliphatic heterocycles. The minimum Gasteiger partial charge on any atom is -0.507 e. The Labute approximate surface area is 108 Å². The maximum absolute atomic E-state index is 9.97. The fourth-order valence-electron chi connectivity index (χ4n) is 1.83. The van der Waals surface area contributed by atoms with E-state index < -0.39 is 0 Å². The second kappa shape index (κ2) is 5.50. The summed E-state index contributed by atoms with van der Waals surface area (Å²) >= 11 is 0. The maximum Gasteiger partial charge on any atom is 0.124 e. The van der Waals surface area contributed by atoms with E-state index in [2.05, 4.69) is 4.99 Å². The SMILES string of the molecule is CC(C)N=C(c1ccccc1)c1ccccc1O. The molecule has 0 aliphatic carbocycles. The molecule has 0 atom stereocenters. The zero-order valence-electron chi connectivity index (χ0n) is 10.7. The van der Waals surface area contributed by atoms with Gasteiger partial charge in [-0.25, -0.2) is 0 Å². The van der Waals surface area contributed by atoms with E-state index in [0.717, 1.165) is 16.8 Å². The van der Waals surface area contributed by atoms with Gasteiger partial charge in [0, 0.05) is 17.2 Å². The van der Waals surface area contributed by atoms with Crippen molar-refractivity contribution < 1.29 is 5.11 Å². The van der Waals surface area contributed by atoms with Crippen molar-refractivity contribution >= 4 is 5.71 Å². The van der Waals surface area contributed by atoms with Crippen LogP contribution in [-0.2, 0) is 0 Å². The van der Waals surface area contributed by atoms with Gasteiger partial charge in [0.2, 0.25) is 0 Å². The van der Waals surface area contributed by atoms with E-state index in [1.165, 1.54) is 0 Å². The number of aromatic hydroxyl groups is 1. The van der Waals surface area contributed by atoms with Crippen molar-refractivity contribution in [1.29, 1.82) is 0 Å². The molecule has 0 bridgehead atoms. The minimum absolute atomic E-state index is 0.180. The van der Waals surface area contributed by atoms with E-state index in [1.54, 1.807) is 6.07 Å². The predicted octanol–water partition coefficient (Wildman–Crippen LogP) is 3.64. The molecule has 0 aromatic heterocycles. The molecule has 2 aromatic rings. The number of nitrogens with zero attached hydrogens (tertiary/aromatic N) is 1. The molecule has 2 nitrogen and oxygen atoms in total. The lowest BCUT2D eigenvalue weighted by atomic mass is 10.0. The highest BCUT2D eigenvalue weighted by molar-refractivity contribution is 6.14. The van der Waals surface area contributed by atoms with Gasteiger partial charge in [0.05, 0.1) is 5.71 Å². The zero-order chi connectivity index (χ0) is 13.0. The number of phenols is 1. The van der Waals surface area contributed by atoms with Crippen molar-refractivity contribution in [3.63, 3.8) is 0 Å². The van der Waals surface area contributed by atoms with Gasteiger partial charge in [0.15, 0.2) is 0 Å². The number of rotatable bonds is 3. The number of para-hydroxylation sites is 1. The number of aliphatic imine (C=N–C) groups is 1. The topological polar surface area (TPSA) is 32.6 Å². The van der Waals surface area contributed by atoms with Crippen molar-refractivity contribution in [2.45, 2.75) is 19.9 Å². The first-order valence-corrected chi connectivity index (χ1v) is 6.10. The second-order valence-electron chi connectivity index (χ2n) is 4.45. The van der Waals surface area contributed by atoms with Crippen LogP contribution in [-0.4, -0.2) is 16.9 Å². The molecule has 0 fully saturated rings. The van der Waals surface area contributed by atoms with Crippen LogP contribution in [0.15, 0.2) is 59.6 Å². The highest BCUT2D eigenvalue weighted by atomic mass is 16.3. The molecule has 0 unspecified atom stereocenters. The van der Waals surface area contributed by atoms with Gasteiger partial charge in [-0.15, -0.1) is 0 Å². The van der Waals surface area contributed by atoms with Gasteiger partial charge in [-0.1, -0.05) is 42.5 Å². The lowest BCUT2D eigenvalue weighted by Crippen LogP contribution is -2.07. The van der Waals surface area contributed by atoms with Gasteiger partial charge >= 0.3 is 0 Å². The lowest BCUT2D eigenvalue weighted by Gasteiger charge is -2.10. The Bertz CT molecular complexity index is 544. The van der Waals surface area contributed by atoms with E-state index in [9.17, 15) is 5.11 Å². The van der Waals surface area contributed by atoms with Crippen molar-refractivity contribution in [3.8, 4) is 5.75 Å². The molecule has 0 saturated carbocycles. The monoisotopic (exact) mass is 239 g/mol. The van der Waals surface area contributed by atoms with Gasteiger partial charge in [-0.05, 0) is 26.0 Å². The van der Waals surface area contributed by atoms with Crippen LogP contribution in [0, 0.1) is 0 Å². The standard InChI is InChI=1S/C16H17NO/c1-12(2)17-16(13-8-4-3-5-9-13)14-10-6-7-11-15(14)18/h3-12,18H,1-2H3. The van der Waals surface area contributed by atoms with Gasteiger partial charge in [0.1, 0.15) is 5.75 Å². The highest BCUT2D eigenvalue weighted by Crippen LogP contribution is 2.21. The van der Waals surface area contributed by atoms with Crippen molar-refractivity contribution in [1.82, 2.24) is 0 Å². The molecule has 2 heteroatoms. The maximum atomic E-state index is 9.97. The van der Waals surface area contributed by atoms with Crippen LogP contribution >= 0.6 is 0 Å². The summed E-state index contributed by atoms with van der Waals surface area (Å²) in [6.45, 7) is 4.06. The summed E-state index contributed by atoms with van der Waals surface area (Å²) in [4.78, 5) is 4.63. The molecule has 1 N–H and O–H groups in total. The van der Waals surface area contributed by atoms with E-state index in [1.807, 2.05) is 62.4 Å². The third-order valence-corrected chi connectivity index (χ3v) is 2.59. The van der Waals surface area contributed by atoms with Crippen molar-refractivity contribution in [2.75, 3.05) is 0 Å². The number of phenolic OH excluding ortho intramolecular Hbond substituents is 1. The summed E-state index contributed by atoms with van der Waals surface area (Å²) in [5.41, 5.74) is 2.63. The van der Waals surface area contributed by atoms with E-state index >= 15 is 0 Å². The Morgan fingerprint density at radius 3 is 2.17 bits per heavy atom. The number of hydrogen-bond donors (Lipinski definition) is 1. The third-order valence-electron chi connectivity index (χ3n) is 2.59. The van der Waals surface area contributed by atoms with Gasteiger partial charge in [0.25, 0.3) is 0 Å². The molecule has 18 heavy (non-hydrogen) atoms. The molecular formula is C16H17NO. The third kappa shape index (κ3) is 2.77. The molecular weight excluding hydrogens is 222 g/mol. The first-order valence-electron chi connectivity index (χ1n) is 6.10. The first kappa shape index (κ1) is 12.4. The van der Waals surface area contributed by atoms with Crippen LogP contribution in [0.2, 0.25) is 0 Å². The van der Waals surface area contributed by atoms with Gasteiger partial charge in [-0.3, -0.25) is 4.99 Å². The summed E-state index contributed by atoms with van der Waals surface area (Å²) in [7, 11) is 0. The van der Waals surface area contributed by atoms with Gasteiger partial charge in [-0.2, -0.15) is 0 Å². The quantitative estimate of drug-likeness (QED) is 0.815. The normalized spacial score (nSPS) is 11.8. The molecule has 0 aliphatic rings. The first-order chi connectivity index (χ1) is 8.68. The second-order valence-corrected chi connectivity index (χ2v) is 4.45. The minimum atomic E-state index is 0.180.